The number of piperazine rings is 1. The van der Waals surface area contributed by atoms with Crippen LogP contribution in [-0.2, 0) is 0 Å². The first-order valence-electron chi connectivity index (χ1n) is 4.20. The summed E-state index contributed by atoms with van der Waals surface area (Å²) in [6, 6.07) is 0. The molecule has 0 bridgehead atoms. The van der Waals surface area contributed by atoms with Gasteiger partial charge in [-0.05, 0) is 0 Å². The molecule has 0 aromatic heterocycles. The van der Waals surface area contributed by atoms with E-state index >= 15 is 0 Å². The predicted octanol–water partition coefficient (Wildman–Crippen LogP) is 1.09. The highest BCUT2D eigenvalue weighted by Crippen LogP contribution is 2.35. The molecule has 0 saturated carbocycles. The molecule has 0 aromatic rings. The Labute approximate surface area is 78.1 Å². The minimum atomic E-state index is -5.45. The van der Waals surface area contributed by atoms with Crippen molar-refractivity contribution >= 4 is 0 Å². The van der Waals surface area contributed by atoms with Crippen LogP contribution in [0, 0.1) is 0 Å². The number of alkyl halides is 5. The molecule has 84 valence electrons. The van der Waals surface area contributed by atoms with Gasteiger partial charge in [-0.1, -0.05) is 0 Å². The lowest BCUT2D eigenvalue weighted by Crippen LogP contribution is -2.52. The average Bonchev–Trinajstić information content (AvgIpc) is 2.03. The summed E-state index contributed by atoms with van der Waals surface area (Å²) in [6.07, 6.45) is -5.45. The molecule has 1 heterocycles. The van der Waals surface area contributed by atoms with Gasteiger partial charge in [-0.25, -0.2) is 0 Å². The molecule has 1 rings (SSSR count). The number of halogens is 5. The maximum atomic E-state index is 12.5. The SMILES string of the molecule is FC(F)(F)C(F)(F)CN1CCNCC1. The molecular formula is C7H11F5N2. The number of hydrogen-bond donors (Lipinski definition) is 1. The third-order valence-corrected chi connectivity index (χ3v) is 2.05. The first-order chi connectivity index (χ1) is 6.33. The molecule has 2 nitrogen and oxygen atoms in total. The molecule has 1 aliphatic rings. The molecule has 0 radical (unpaired) electrons. The van der Waals surface area contributed by atoms with Crippen LogP contribution >= 0.6 is 0 Å². The van der Waals surface area contributed by atoms with Crippen molar-refractivity contribution in [1.82, 2.24) is 10.2 Å². The lowest BCUT2D eigenvalue weighted by atomic mass is 10.2. The van der Waals surface area contributed by atoms with E-state index in [2.05, 4.69) is 5.32 Å². The Morgan fingerprint density at radius 2 is 1.50 bits per heavy atom. The van der Waals surface area contributed by atoms with Crippen molar-refractivity contribution < 1.29 is 22.0 Å². The molecule has 0 unspecified atom stereocenters. The molecule has 0 aromatic carbocycles. The van der Waals surface area contributed by atoms with Crippen LogP contribution in [-0.4, -0.2) is 49.7 Å². The van der Waals surface area contributed by atoms with E-state index in [0.29, 0.717) is 13.1 Å². The van der Waals surface area contributed by atoms with Crippen LogP contribution in [0.25, 0.3) is 0 Å². The van der Waals surface area contributed by atoms with Crippen molar-refractivity contribution in [1.29, 1.82) is 0 Å². The largest absolute Gasteiger partial charge is 0.454 e. The van der Waals surface area contributed by atoms with Gasteiger partial charge in [0, 0.05) is 26.2 Å². The lowest BCUT2D eigenvalue weighted by molar-refractivity contribution is -0.286. The predicted molar refractivity (Wildman–Crippen MR) is 40.3 cm³/mol. The molecule has 0 aliphatic carbocycles. The van der Waals surface area contributed by atoms with Gasteiger partial charge in [0.05, 0.1) is 6.54 Å². The van der Waals surface area contributed by atoms with Crippen LogP contribution in [0.3, 0.4) is 0 Å². The third-order valence-electron chi connectivity index (χ3n) is 2.05. The third kappa shape index (κ3) is 2.78. The summed E-state index contributed by atoms with van der Waals surface area (Å²) in [5, 5.41) is 2.87. The zero-order chi connectivity index (χ0) is 10.8. The van der Waals surface area contributed by atoms with E-state index in [-0.39, 0.29) is 13.1 Å². The van der Waals surface area contributed by atoms with E-state index in [4.69, 9.17) is 0 Å². The summed E-state index contributed by atoms with van der Waals surface area (Å²) >= 11 is 0. The second-order valence-electron chi connectivity index (χ2n) is 3.23. The Bertz CT molecular complexity index is 185. The van der Waals surface area contributed by atoms with E-state index in [0.717, 1.165) is 4.90 Å². The lowest BCUT2D eigenvalue weighted by Gasteiger charge is -2.31. The van der Waals surface area contributed by atoms with Crippen molar-refractivity contribution in [3.8, 4) is 0 Å². The summed E-state index contributed by atoms with van der Waals surface area (Å²) in [6.45, 7) is 0.122. The van der Waals surface area contributed by atoms with Crippen LogP contribution in [0.4, 0.5) is 22.0 Å². The van der Waals surface area contributed by atoms with Gasteiger partial charge in [-0.15, -0.1) is 0 Å². The van der Waals surface area contributed by atoms with Crippen molar-refractivity contribution in [3.63, 3.8) is 0 Å². The zero-order valence-corrected chi connectivity index (χ0v) is 7.37. The van der Waals surface area contributed by atoms with Crippen LogP contribution in [0.15, 0.2) is 0 Å². The molecule has 1 N–H and O–H groups in total. The number of nitrogens with zero attached hydrogens (tertiary/aromatic N) is 1. The van der Waals surface area contributed by atoms with Gasteiger partial charge in [0.2, 0.25) is 0 Å². The fraction of sp³-hybridized carbons (Fsp3) is 1.00. The van der Waals surface area contributed by atoms with Gasteiger partial charge >= 0.3 is 12.1 Å². The van der Waals surface area contributed by atoms with Gasteiger partial charge in [-0.2, -0.15) is 22.0 Å². The second kappa shape index (κ2) is 3.98. The molecule has 1 saturated heterocycles. The quantitative estimate of drug-likeness (QED) is 0.698. The maximum absolute atomic E-state index is 12.5. The highest BCUT2D eigenvalue weighted by molar-refractivity contribution is 4.81. The minimum absolute atomic E-state index is 0.228. The smallest absolute Gasteiger partial charge is 0.314 e. The molecule has 1 aliphatic heterocycles. The molecule has 0 atom stereocenters. The van der Waals surface area contributed by atoms with Crippen LogP contribution in [0.5, 0.6) is 0 Å². The molecular weight excluding hydrogens is 207 g/mol. The Balaban J connectivity index is 2.49. The number of nitrogens with one attached hydrogen (secondary N) is 1. The zero-order valence-electron chi connectivity index (χ0n) is 7.37. The first-order valence-corrected chi connectivity index (χ1v) is 4.20. The average molecular weight is 218 g/mol. The standard InChI is InChI=1S/C7H11F5N2/c8-6(9,7(10,11)12)5-14-3-1-13-2-4-14/h13H,1-5H2. The Morgan fingerprint density at radius 1 is 1.00 bits per heavy atom. The van der Waals surface area contributed by atoms with Gasteiger partial charge in [0.15, 0.2) is 0 Å². The van der Waals surface area contributed by atoms with E-state index in [1.54, 1.807) is 0 Å². The first kappa shape index (κ1) is 11.6. The van der Waals surface area contributed by atoms with E-state index in [9.17, 15) is 22.0 Å². The second-order valence-corrected chi connectivity index (χ2v) is 3.23. The summed E-state index contributed by atoms with van der Waals surface area (Å²) in [5.41, 5.74) is 0. The summed E-state index contributed by atoms with van der Waals surface area (Å²) < 4.78 is 60.4. The molecule has 7 heteroatoms. The van der Waals surface area contributed by atoms with Gasteiger partial charge in [0.1, 0.15) is 0 Å². The number of hydrogen-bond acceptors (Lipinski definition) is 2. The monoisotopic (exact) mass is 218 g/mol. The molecule has 1 fully saturated rings. The van der Waals surface area contributed by atoms with Crippen molar-refractivity contribution in [3.05, 3.63) is 0 Å². The summed E-state index contributed by atoms with van der Waals surface area (Å²) in [7, 11) is 0. The molecule has 0 amide bonds. The molecule has 14 heavy (non-hydrogen) atoms. The van der Waals surface area contributed by atoms with E-state index in [1.165, 1.54) is 0 Å². The van der Waals surface area contributed by atoms with Crippen molar-refractivity contribution in [2.45, 2.75) is 12.1 Å². The fourth-order valence-corrected chi connectivity index (χ4v) is 1.24. The Kier molecular flexibility index (Phi) is 3.31. The normalized spacial score (nSPS) is 21.2. The minimum Gasteiger partial charge on any atom is -0.314 e. The van der Waals surface area contributed by atoms with Gasteiger partial charge < -0.3 is 5.32 Å². The highest BCUT2D eigenvalue weighted by Gasteiger charge is 2.57. The summed E-state index contributed by atoms with van der Waals surface area (Å²) in [4.78, 5) is 1.12. The molecule has 0 spiro atoms. The van der Waals surface area contributed by atoms with Gasteiger partial charge in [-0.3, -0.25) is 4.90 Å². The topological polar surface area (TPSA) is 15.3 Å². The Hall–Kier alpha value is -0.430. The van der Waals surface area contributed by atoms with Crippen LogP contribution < -0.4 is 5.32 Å². The summed E-state index contributed by atoms with van der Waals surface area (Å²) in [5.74, 6) is -4.61. The van der Waals surface area contributed by atoms with E-state index < -0.39 is 18.6 Å². The van der Waals surface area contributed by atoms with Crippen LogP contribution in [0.2, 0.25) is 0 Å². The van der Waals surface area contributed by atoms with E-state index in [1.807, 2.05) is 0 Å². The fourth-order valence-electron chi connectivity index (χ4n) is 1.24. The number of rotatable bonds is 2. The maximum Gasteiger partial charge on any atom is 0.454 e. The van der Waals surface area contributed by atoms with Gasteiger partial charge in [0.25, 0.3) is 0 Å². The van der Waals surface area contributed by atoms with Crippen molar-refractivity contribution in [2.75, 3.05) is 32.7 Å². The highest BCUT2D eigenvalue weighted by atomic mass is 19.4. The van der Waals surface area contributed by atoms with Crippen molar-refractivity contribution in [2.24, 2.45) is 0 Å². The van der Waals surface area contributed by atoms with Crippen LogP contribution in [0.1, 0.15) is 0 Å². The Morgan fingerprint density at radius 3 is 1.93 bits per heavy atom.